The zero-order valence-electron chi connectivity index (χ0n) is 10.7. The predicted octanol–water partition coefficient (Wildman–Crippen LogP) is 1.51. The molecule has 0 fully saturated rings. The highest BCUT2D eigenvalue weighted by Crippen LogP contribution is 2.23. The molecule has 0 saturated heterocycles. The smallest absolute Gasteiger partial charge is 0.224 e. The summed E-state index contributed by atoms with van der Waals surface area (Å²) in [6, 6.07) is 5.38. The van der Waals surface area contributed by atoms with Crippen LogP contribution in [0, 0.1) is 13.8 Å². The molecule has 0 bridgehead atoms. The lowest BCUT2D eigenvalue weighted by atomic mass is 10.3. The quantitative estimate of drug-likeness (QED) is 0.640. The van der Waals surface area contributed by atoms with E-state index in [1.165, 1.54) is 11.3 Å². The number of aliphatic imine (C=N–C) groups is 2. The Bertz CT molecular complexity index is 609. The van der Waals surface area contributed by atoms with Gasteiger partial charge in [0.25, 0.3) is 0 Å². The molecule has 0 aliphatic heterocycles. The maximum Gasteiger partial charge on any atom is 0.224 e. The molecule has 2 rings (SSSR count). The third-order valence-electron chi connectivity index (χ3n) is 2.39. The van der Waals surface area contributed by atoms with Gasteiger partial charge in [-0.2, -0.15) is 9.98 Å². The molecule has 0 radical (unpaired) electrons. The molecule has 0 unspecified atom stereocenters. The molecule has 98 valence electrons. The summed E-state index contributed by atoms with van der Waals surface area (Å²) >= 11 is 1.46. The third-order valence-corrected chi connectivity index (χ3v) is 3.36. The van der Waals surface area contributed by atoms with Crippen LogP contribution in [0.2, 0.25) is 0 Å². The highest BCUT2D eigenvalue weighted by molar-refractivity contribution is 7.15. The highest BCUT2D eigenvalue weighted by atomic mass is 32.1. The third kappa shape index (κ3) is 3.35. The van der Waals surface area contributed by atoms with Gasteiger partial charge in [0, 0.05) is 11.1 Å². The van der Waals surface area contributed by atoms with Gasteiger partial charge in [0.15, 0.2) is 5.84 Å². The van der Waals surface area contributed by atoms with Crippen LogP contribution in [0.5, 0.6) is 0 Å². The van der Waals surface area contributed by atoms with Gasteiger partial charge in [0.1, 0.15) is 5.69 Å². The van der Waals surface area contributed by atoms with Crippen LogP contribution in [-0.2, 0) is 0 Å². The molecule has 0 aliphatic rings. The molecule has 2 aromatic rings. The normalized spacial score (nSPS) is 12.7. The summed E-state index contributed by atoms with van der Waals surface area (Å²) in [7, 11) is 0. The van der Waals surface area contributed by atoms with Gasteiger partial charge < -0.3 is 11.5 Å². The predicted molar refractivity (Wildman–Crippen MR) is 77.8 cm³/mol. The number of pyridine rings is 1. The van der Waals surface area contributed by atoms with Gasteiger partial charge in [0.05, 0.1) is 5.69 Å². The lowest BCUT2D eigenvalue weighted by Crippen LogP contribution is -2.20. The van der Waals surface area contributed by atoms with Crippen LogP contribution in [0.4, 0.5) is 5.13 Å². The Balaban J connectivity index is 2.22. The van der Waals surface area contributed by atoms with Crippen molar-refractivity contribution in [3.8, 4) is 0 Å². The van der Waals surface area contributed by atoms with E-state index in [1.807, 2.05) is 19.9 Å². The van der Waals surface area contributed by atoms with Gasteiger partial charge in [-0.3, -0.25) is 4.98 Å². The van der Waals surface area contributed by atoms with Gasteiger partial charge in [-0.05, 0) is 26.0 Å². The Labute approximate surface area is 114 Å². The molecule has 4 N–H and O–H groups in total. The van der Waals surface area contributed by atoms with E-state index in [4.69, 9.17) is 11.5 Å². The zero-order chi connectivity index (χ0) is 13.8. The first-order valence-electron chi connectivity index (χ1n) is 5.60. The highest BCUT2D eigenvalue weighted by Gasteiger charge is 2.04. The Morgan fingerprint density at radius 1 is 1.26 bits per heavy atom. The SMILES string of the molecule is Cc1nc(N=C(N)N=C(N)c2ccccn2)sc1C. The summed E-state index contributed by atoms with van der Waals surface area (Å²) in [4.78, 5) is 17.6. The maximum absolute atomic E-state index is 5.79. The molecule has 0 atom stereocenters. The van der Waals surface area contributed by atoms with Crippen LogP contribution < -0.4 is 11.5 Å². The van der Waals surface area contributed by atoms with Crippen molar-refractivity contribution >= 4 is 28.3 Å². The standard InChI is InChI=1S/C12H14N6S/c1-7-8(2)19-12(16-7)18-11(14)17-10(13)9-5-3-4-6-15-9/h3-6H,1-2H3,(H4,13,14,16,17,18). The second-order valence-corrected chi connectivity index (χ2v) is 5.00. The number of guanidine groups is 1. The first kappa shape index (κ1) is 13.2. The van der Waals surface area contributed by atoms with Crippen LogP contribution in [0.3, 0.4) is 0 Å². The first-order valence-corrected chi connectivity index (χ1v) is 6.41. The van der Waals surface area contributed by atoms with E-state index in [0.29, 0.717) is 10.8 Å². The topological polar surface area (TPSA) is 103 Å². The molecule has 0 aliphatic carbocycles. The van der Waals surface area contributed by atoms with E-state index >= 15 is 0 Å². The minimum absolute atomic E-state index is 0.0666. The van der Waals surface area contributed by atoms with Crippen molar-refractivity contribution in [1.82, 2.24) is 9.97 Å². The second kappa shape index (κ2) is 5.57. The number of aromatic nitrogens is 2. The number of aryl methyl sites for hydroxylation is 2. The molecule has 2 aromatic heterocycles. The summed E-state index contributed by atoms with van der Waals surface area (Å²) in [6.45, 7) is 3.90. The fraction of sp³-hybridized carbons (Fsp3) is 0.167. The molecule has 19 heavy (non-hydrogen) atoms. The number of nitrogens with two attached hydrogens (primary N) is 2. The van der Waals surface area contributed by atoms with Crippen molar-refractivity contribution in [2.75, 3.05) is 0 Å². The van der Waals surface area contributed by atoms with Gasteiger partial charge in [-0.25, -0.2) is 4.98 Å². The molecule has 0 saturated carbocycles. The van der Waals surface area contributed by atoms with Crippen molar-refractivity contribution in [3.05, 3.63) is 40.7 Å². The number of hydrogen-bond donors (Lipinski definition) is 2. The number of hydrogen-bond acceptors (Lipinski definition) is 4. The lowest BCUT2D eigenvalue weighted by Gasteiger charge is -1.98. The first-order chi connectivity index (χ1) is 9.06. The monoisotopic (exact) mass is 274 g/mol. The molecular weight excluding hydrogens is 260 g/mol. The lowest BCUT2D eigenvalue weighted by molar-refractivity contribution is 1.21. The fourth-order valence-electron chi connectivity index (χ4n) is 1.32. The molecule has 6 nitrogen and oxygen atoms in total. The zero-order valence-corrected chi connectivity index (χ0v) is 11.5. The molecule has 2 heterocycles. The largest absolute Gasteiger partial charge is 0.382 e. The van der Waals surface area contributed by atoms with Crippen LogP contribution in [0.25, 0.3) is 0 Å². The number of rotatable bonds is 2. The van der Waals surface area contributed by atoms with E-state index in [2.05, 4.69) is 20.0 Å². The van der Waals surface area contributed by atoms with Crippen molar-refractivity contribution in [3.63, 3.8) is 0 Å². The summed E-state index contributed by atoms with van der Waals surface area (Å²) in [6.07, 6.45) is 1.64. The molecular formula is C12H14N6S. The average molecular weight is 274 g/mol. The van der Waals surface area contributed by atoms with Gasteiger partial charge in [-0.15, -0.1) is 0 Å². The Kier molecular flexibility index (Phi) is 3.86. The van der Waals surface area contributed by atoms with E-state index in [-0.39, 0.29) is 11.8 Å². The summed E-state index contributed by atoms with van der Waals surface area (Å²) < 4.78 is 0. The second-order valence-electron chi connectivity index (χ2n) is 3.82. The van der Waals surface area contributed by atoms with Crippen LogP contribution in [-0.4, -0.2) is 21.8 Å². The average Bonchev–Trinajstić information content (AvgIpc) is 2.69. The molecule has 7 heteroatoms. The van der Waals surface area contributed by atoms with Crippen molar-refractivity contribution < 1.29 is 0 Å². The van der Waals surface area contributed by atoms with Crippen LogP contribution in [0.15, 0.2) is 34.4 Å². The Morgan fingerprint density at radius 2 is 2.05 bits per heavy atom. The molecule has 0 spiro atoms. The fourth-order valence-corrected chi connectivity index (χ4v) is 2.11. The number of thiazole rings is 1. The van der Waals surface area contributed by atoms with Gasteiger partial charge in [-0.1, -0.05) is 17.4 Å². The minimum atomic E-state index is 0.0666. The van der Waals surface area contributed by atoms with E-state index in [0.717, 1.165) is 10.6 Å². The minimum Gasteiger partial charge on any atom is -0.382 e. The van der Waals surface area contributed by atoms with Crippen molar-refractivity contribution in [1.29, 1.82) is 0 Å². The number of amidine groups is 1. The molecule has 0 amide bonds. The number of nitrogens with zero attached hydrogens (tertiary/aromatic N) is 4. The van der Waals surface area contributed by atoms with E-state index in [1.54, 1.807) is 18.3 Å². The van der Waals surface area contributed by atoms with Gasteiger partial charge >= 0.3 is 0 Å². The van der Waals surface area contributed by atoms with E-state index in [9.17, 15) is 0 Å². The maximum atomic E-state index is 5.79. The van der Waals surface area contributed by atoms with E-state index < -0.39 is 0 Å². The van der Waals surface area contributed by atoms with Crippen molar-refractivity contribution in [2.24, 2.45) is 21.5 Å². The van der Waals surface area contributed by atoms with Crippen LogP contribution >= 0.6 is 11.3 Å². The van der Waals surface area contributed by atoms with Crippen molar-refractivity contribution in [2.45, 2.75) is 13.8 Å². The summed E-state index contributed by atoms with van der Waals surface area (Å²) in [5.41, 5.74) is 13.0. The Morgan fingerprint density at radius 3 is 2.63 bits per heavy atom. The summed E-state index contributed by atoms with van der Waals surface area (Å²) in [5, 5.41) is 0.574. The molecule has 0 aromatic carbocycles. The van der Waals surface area contributed by atoms with Crippen LogP contribution in [0.1, 0.15) is 16.3 Å². The summed E-state index contributed by atoms with van der Waals surface area (Å²) in [5.74, 6) is 0.295. The Hall–Kier alpha value is -2.28. The van der Waals surface area contributed by atoms with Gasteiger partial charge in [0.2, 0.25) is 11.1 Å².